The Kier molecular flexibility index (Phi) is 3.04. The molecule has 88 valence electrons. The van der Waals surface area contributed by atoms with E-state index in [1.165, 1.54) is 6.20 Å². The maximum Gasteiger partial charge on any atom is 0.272 e. The fraction of sp³-hybridized carbons (Fsp3) is 0.182. The summed E-state index contributed by atoms with van der Waals surface area (Å²) >= 11 is 0. The van der Waals surface area contributed by atoms with Crippen LogP contribution in [0.25, 0.3) is 0 Å². The minimum atomic E-state index is -0.348. The van der Waals surface area contributed by atoms with Crippen molar-refractivity contribution < 1.29 is 9.21 Å². The molecule has 0 atom stereocenters. The number of carbonyl (C=O) groups excluding carboxylic acids is 1. The van der Waals surface area contributed by atoms with Crippen LogP contribution in [0.2, 0.25) is 0 Å². The van der Waals surface area contributed by atoms with E-state index in [9.17, 15) is 4.79 Å². The lowest BCUT2D eigenvalue weighted by Crippen LogP contribution is -2.24. The molecule has 0 bridgehead atoms. The van der Waals surface area contributed by atoms with Crippen molar-refractivity contribution >= 4 is 11.6 Å². The van der Waals surface area contributed by atoms with Gasteiger partial charge in [0.25, 0.3) is 5.91 Å². The predicted molar refractivity (Wildman–Crippen MR) is 61.1 cm³/mol. The van der Waals surface area contributed by atoms with Crippen molar-refractivity contribution in [1.29, 1.82) is 0 Å². The second-order valence-electron chi connectivity index (χ2n) is 3.49. The number of rotatable bonds is 3. The molecule has 6 heteroatoms. The van der Waals surface area contributed by atoms with Crippen LogP contribution in [-0.2, 0) is 6.54 Å². The molecule has 1 amide bonds. The number of nitrogens with one attached hydrogen (secondary N) is 1. The molecule has 2 aromatic heterocycles. The molecule has 6 nitrogen and oxygen atoms in total. The standard InChI is InChI=1S/C11H12N4O2/c1-7-5-14-9(17-7)6-15-11(16)10-8(12)3-2-4-13-10/h2-5H,6,12H2,1H3,(H,15,16). The van der Waals surface area contributed by atoms with Gasteiger partial charge in [-0.25, -0.2) is 9.97 Å². The number of nitrogen functional groups attached to an aromatic ring is 1. The maximum absolute atomic E-state index is 11.7. The minimum absolute atomic E-state index is 0.204. The lowest BCUT2D eigenvalue weighted by molar-refractivity contribution is 0.0943. The molecule has 0 saturated carbocycles. The molecule has 0 radical (unpaired) electrons. The summed E-state index contributed by atoms with van der Waals surface area (Å²) in [5, 5.41) is 2.63. The largest absolute Gasteiger partial charge is 0.444 e. The number of amides is 1. The van der Waals surface area contributed by atoms with Gasteiger partial charge in [0, 0.05) is 6.20 Å². The normalized spacial score (nSPS) is 10.2. The fourth-order valence-corrected chi connectivity index (χ4v) is 1.33. The van der Waals surface area contributed by atoms with Crippen molar-refractivity contribution in [3.63, 3.8) is 0 Å². The van der Waals surface area contributed by atoms with E-state index in [0.717, 1.165) is 0 Å². The molecule has 0 aromatic carbocycles. The van der Waals surface area contributed by atoms with Crippen LogP contribution in [0.5, 0.6) is 0 Å². The van der Waals surface area contributed by atoms with Crippen molar-refractivity contribution in [3.05, 3.63) is 41.9 Å². The number of aromatic nitrogens is 2. The van der Waals surface area contributed by atoms with Crippen molar-refractivity contribution in [2.45, 2.75) is 13.5 Å². The number of nitrogens with two attached hydrogens (primary N) is 1. The topological polar surface area (TPSA) is 94.0 Å². The van der Waals surface area contributed by atoms with E-state index in [-0.39, 0.29) is 18.1 Å². The van der Waals surface area contributed by atoms with Gasteiger partial charge in [0.05, 0.1) is 18.4 Å². The first kappa shape index (κ1) is 11.1. The van der Waals surface area contributed by atoms with Crippen molar-refractivity contribution in [3.8, 4) is 0 Å². The first-order chi connectivity index (χ1) is 8.16. The Balaban J connectivity index is 2.01. The average molecular weight is 232 g/mol. The lowest BCUT2D eigenvalue weighted by atomic mass is 10.3. The number of hydrogen-bond acceptors (Lipinski definition) is 5. The van der Waals surface area contributed by atoms with Crippen LogP contribution in [0.4, 0.5) is 5.69 Å². The number of hydrogen-bond donors (Lipinski definition) is 2. The number of anilines is 1. The zero-order valence-corrected chi connectivity index (χ0v) is 9.30. The molecule has 2 heterocycles. The van der Waals surface area contributed by atoms with E-state index in [1.807, 2.05) is 0 Å². The third kappa shape index (κ3) is 2.60. The van der Waals surface area contributed by atoms with Crippen molar-refractivity contribution in [2.75, 3.05) is 5.73 Å². The fourth-order valence-electron chi connectivity index (χ4n) is 1.33. The molecule has 2 aromatic rings. The van der Waals surface area contributed by atoms with Crippen LogP contribution in [-0.4, -0.2) is 15.9 Å². The van der Waals surface area contributed by atoms with Crippen LogP contribution in [0, 0.1) is 6.92 Å². The van der Waals surface area contributed by atoms with Gasteiger partial charge < -0.3 is 15.5 Å². The molecule has 3 N–H and O–H groups in total. The first-order valence-electron chi connectivity index (χ1n) is 5.07. The summed E-state index contributed by atoms with van der Waals surface area (Å²) in [6.45, 7) is 2.00. The Morgan fingerprint density at radius 1 is 1.53 bits per heavy atom. The molecular weight excluding hydrogens is 220 g/mol. The van der Waals surface area contributed by atoms with Gasteiger partial charge in [-0.15, -0.1) is 0 Å². The molecular formula is C11H12N4O2. The molecule has 0 aliphatic rings. The SMILES string of the molecule is Cc1cnc(CNC(=O)c2ncccc2N)o1. The van der Waals surface area contributed by atoms with Gasteiger partial charge in [-0.05, 0) is 19.1 Å². The smallest absolute Gasteiger partial charge is 0.272 e. The van der Waals surface area contributed by atoms with Gasteiger partial charge >= 0.3 is 0 Å². The quantitative estimate of drug-likeness (QED) is 0.819. The number of carbonyl (C=O) groups is 1. The summed E-state index contributed by atoms with van der Waals surface area (Å²) in [6.07, 6.45) is 3.11. The van der Waals surface area contributed by atoms with E-state index in [4.69, 9.17) is 10.2 Å². The maximum atomic E-state index is 11.7. The van der Waals surface area contributed by atoms with Crippen LogP contribution in [0.1, 0.15) is 22.1 Å². The second kappa shape index (κ2) is 4.65. The van der Waals surface area contributed by atoms with E-state index >= 15 is 0 Å². The highest BCUT2D eigenvalue weighted by molar-refractivity contribution is 5.96. The Morgan fingerprint density at radius 3 is 3.00 bits per heavy atom. The van der Waals surface area contributed by atoms with Crippen LogP contribution < -0.4 is 11.1 Å². The third-order valence-corrected chi connectivity index (χ3v) is 2.12. The number of nitrogens with zero attached hydrogens (tertiary/aromatic N) is 2. The minimum Gasteiger partial charge on any atom is -0.444 e. The summed E-state index contributed by atoms with van der Waals surface area (Å²) in [5.41, 5.74) is 6.18. The van der Waals surface area contributed by atoms with Gasteiger partial charge in [-0.3, -0.25) is 4.79 Å². The summed E-state index contributed by atoms with van der Waals surface area (Å²) in [5.74, 6) is 0.802. The molecule has 17 heavy (non-hydrogen) atoms. The first-order valence-corrected chi connectivity index (χ1v) is 5.07. The Labute approximate surface area is 97.9 Å². The van der Waals surface area contributed by atoms with Gasteiger partial charge in [0.2, 0.25) is 5.89 Å². The molecule has 0 saturated heterocycles. The van der Waals surface area contributed by atoms with E-state index in [1.54, 1.807) is 25.3 Å². The van der Waals surface area contributed by atoms with E-state index in [2.05, 4.69) is 15.3 Å². The van der Waals surface area contributed by atoms with E-state index < -0.39 is 0 Å². The summed E-state index contributed by atoms with van der Waals surface area (Å²) in [6, 6.07) is 3.29. The van der Waals surface area contributed by atoms with Crippen molar-refractivity contribution in [2.24, 2.45) is 0 Å². The summed E-state index contributed by atoms with van der Waals surface area (Å²) in [7, 11) is 0. The molecule has 0 fully saturated rings. The average Bonchev–Trinajstić information content (AvgIpc) is 2.73. The van der Waals surface area contributed by atoms with Crippen LogP contribution in [0.15, 0.2) is 28.9 Å². The van der Waals surface area contributed by atoms with Gasteiger partial charge in [-0.1, -0.05) is 0 Å². The Bertz CT molecular complexity index is 536. The molecule has 0 spiro atoms. The highest BCUT2D eigenvalue weighted by atomic mass is 16.4. The molecule has 0 aliphatic heterocycles. The number of aryl methyl sites for hydroxylation is 1. The Morgan fingerprint density at radius 2 is 2.35 bits per heavy atom. The third-order valence-electron chi connectivity index (χ3n) is 2.12. The number of pyridine rings is 1. The van der Waals surface area contributed by atoms with Crippen LogP contribution >= 0.6 is 0 Å². The Hall–Kier alpha value is -2.37. The zero-order valence-electron chi connectivity index (χ0n) is 9.30. The summed E-state index contributed by atoms with van der Waals surface area (Å²) in [4.78, 5) is 19.6. The number of oxazole rings is 1. The van der Waals surface area contributed by atoms with Gasteiger partial charge in [0.15, 0.2) is 5.69 Å². The second-order valence-corrected chi connectivity index (χ2v) is 3.49. The van der Waals surface area contributed by atoms with Gasteiger partial charge in [0.1, 0.15) is 5.76 Å². The highest BCUT2D eigenvalue weighted by Crippen LogP contribution is 2.07. The van der Waals surface area contributed by atoms with Gasteiger partial charge in [-0.2, -0.15) is 0 Å². The molecule has 0 aliphatic carbocycles. The lowest BCUT2D eigenvalue weighted by Gasteiger charge is -2.04. The predicted octanol–water partition coefficient (Wildman–Crippen LogP) is 0.890. The van der Waals surface area contributed by atoms with E-state index in [0.29, 0.717) is 17.3 Å². The summed E-state index contributed by atoms with van der Waals surface area (Å²) < 4.78 is 5.22. The monoisotopic (exact) mass is 232 g/mol. The highest BCUT2D eigenvalue weighted by Gasteiger charge is 2.11. The molecule has 2 rings (SSSR count). The molecule has 0 unspecified atom stereocenters. The van der Waals surface area contributed by atoms with Crippen molar-refractivity contribution in [1.82, 2.24) is 15.3 Å². The van der Waals surface area contributed by atoms with Crippen LogP contribution in [0.3, 0.4) is 0 Å². The zero-order chi connectivity index (χ0) is 12.3.